The summed E-state index contributed by atoms with van der Waals surface area (Å²) in [5.74, 6) is 0.703. The standard InChI is InChI=1S/C12H17Cl2NO/c1-3-10(6-7-15-2)16-12-5-4-9(13)8-11(12)14/h4-5,8,10,15H,3,6-7H2,1-2H3. The first-order valence-electron chi connectivity index (χ1n) is 5.43. The number of halogens is 2. The first kappa shape index (κ1) is 13.6. The van der Waals surface area contributed by atoms with Crippen molar-refractivity contribution in [2.75, 3.05) is 13.6 Å². The minimum atomic E-state index is 0.186. The Hall–Kier alpha value is -0.440. The van der Waals surface area contributed by atoms with Crippen LogP contribution in [0.5, 0.6) is 5.75 Å². The first-order valence-corrected chi connectivity index (χ1v) is 6.19. The van der Waals surface area contributed by atoms with E-state index in [0.29, 0.717) is 15.8 Å². The quantitative estimate of drug-likeness (QED) is 0.842. The molecule has 1 unspecified atom stereocenters. The van der Waals surface area contributed by atoms with Gasteiger partial charge in [0.15, 0.2) is 0 Å². The second-order valence-electron chi connectivity index (χ2n) is 3.62. The van der Waals surface area contributed by atoms with Crippen molar-refractivity contribution in [3.8, 4) is 5.75 Å². The maximum atomic E-state index is 6.04. The minimum absolute atomic E-state index is 0.186. The summed E-state index contributed by atoms with van der Waals surface area (Å²) in [6.45, 7) is 3.04. The molecule has 1 atom stereocenters. The van der Waals surface area contributed by atoms with Crippen molar-refractivity contribution in [3.05, 3.63) is 28.2 Å². The Morgan fingerprint density at radius 1 is 1.38 bits per heavy atom. The average molecular weight is 262 g/mol. The van der Waals surface area contributed by atoms with Crippen LogP contribution in [0.3, 0.4) is 0 Å². The third-order valence-electron chi connectivity index (χ3n) is 2.36. The Kier molecular flexibility index (Phi) is 5.96. The van der Waals surface area contributed by atoms with E-state index in [9.17, 15) is 0 Å². The van der Waals surface area contributed by atoms with Crippen LogP contribution in [0.1, 0.15) is 19.8 Å². The Morgan fingerprint density at radius 3 is 2.69 bits per heavy atom. The molecule has 0 aliphatic heterocycles. The fourth-order valence-electron chi connectivity index (χ4n) is 1.40. The van der Waals surface area contributed by atoms with Gasteiger partial charge in [-0.05, 0) is 44.6 Å². The first-order chi connectivity index (χ1) is 7.67. The molecule has 1 rings (SSSR count). The monoisotopic (exact) mass is 261 g/mol. The summed E-state index contributed by atoms with van der Waals surface area (Å²) in [5.41, 5.74) is 0. The van der Waals surface area contributed by atoms with Crippen LogP contribution < -0.4 is 10.1 Å². The predicted molar refractivity (Wildman–Crippen MR) is 69.7 cm³/mol. The van der Waals surface area contributed by atoms with Gasteiger partial charge in [0.1, 0.15) is 5.75 Å². The summed E-state index contributed by atoms with van der Waals surface area (Å²) in [4.78, 5) is 0. The fraction of sp³-hybridized carbons (Fsp3) is 0.500. The van der Waals surface area contributed by atoms with Gasteiger partial charge >= 0.3 is 0 Å². The van der Waals surface area contributed by atoms with E-state index in [1.807, 2.05) is 13.1 Å². The van der Waals surface area contributed by atoms with Gasteiger partial charge in [-0.15, -0.1) is 0 Å². The zero-order valence-corrected chi connectivity index (χ0v) is 11.1. The number of hydrogen-bond acceptors (Lipinski definition) is 2. The third-order valence-corrected chi connectivity index (χ3v) is 2.89. The van der Waals surface area contributed by atoms with Crippen LogP contribution in [0.15, 0.2) is 18.2 Å². The van der Waals surface area contributed by atoms with E-state index >= 15 is 0 Å². The van der Waals surface area contributed by atoms with Crippen molar-refractivity contribution < 1.29 is 4.74 Å². The molecule has 0 radical (unpaired) electrons. The number of ether oxygens (including phenoxy) is 1. The highest BCUT2D eigenvalue weighted by atomic mass is 35.5. The van der Waals surface area contributed by atoms with Gasteiger partial charge in [0, 0.05) is 5.02 Å². The molecule has 0 fully saturated rings. The van der Waals surface area contributed by atoms with Crippen LogP contribution in [0.25, 0.3) is 0 Å². The van der Waals surface area contributed by atoms with Gasteiger partial charge in [0.05, 0.1) is 11.1 Å². The lowest BCUT2D eigenvalue weighted by atomic mass is 10.2. The second kappa shape index (κ2) is 7.00. The van der Waals surface area contributed by atoms with Crippen LogP contribution in [0.2, 0.25) is 10.0 Å². The van der Waals surface area contributed by atoms with Crippen molar-refractivity contribution >= 4 is 23.2 Å². The van der Waals surface area contributed by atoms with Crippen molar-refractivity contribution in [1.29, 1.82) is 0 Å². The SMILES string of the molecule is CCC(CCNC)Oc1ccc(Cl)cc1Cl. The molecule has 0 heterocycles. The smallest absolute Gasteiger partial charge is 0.138 e. The maximum absolute atomic E-state index is 6.04. The molecule has 0 aliphatic rings. The molecule has 2 nitrogen and oxygen atoms in total. The largest absolute Gasteiger partial charge is 0.489 e. The van der Waals surface area contributed by atoms with Crippen LogP contribution >= 0.6 is 23.2 Å². The predicted octanol–water partition coefficient (Wildman–Crippen LogP) is 3.76. The van der Waals surface area contributed by atoms with E-state index in [1.54, 1.807) is 12.1 Å². The highest BCUT2D eigenvalue weighted by Crippen LogP contribution is 2.29. The van der Waals surface area contributed by atoms with Crippen LogP contribution in [0, 0.1) is 0 Å². The summed E-state index contributed by atoms with van der Waals surface area (Å²) in [7, 11) is 1.93. The molecular weight excluding hydrogens is 245 g/mol. The summed E-state index contributed by atoms with van der Waals surface area (Å²) >= 11 is 11.9. The van der Waals surface area contributed by atoms with Gasteiger partial charge in [-0.3, -0.25) is 0 Å². The van der Waals surface area contributed by atoms with E-state index in [2.05, 4.69) is 12.2 Å². The zero-order chi connectivity index (χ0) is 12.0. The van der Waals surface area contributed by atoms with Gasteiger partial charge in [-0.1, -0.05) is 30.1 Å². The highest BCUT2D eigenvalue weighted by Gasteiger charge is 2.10. The van der Waals surface area contributed by atoms with Crippen molar-refractivity contribution in [1.82, 2.24) is 5.32 Å². The molecule has 0 saturated heterocycles. The van der Waals surface area contributed by atoms with E-state index in [1.165, 1.54) is 0 Å². The van der Waals surface area contributed by atoms with Crippen molar-refractivity contribution in [2.45, 2.75) is 25.9 Å². The number of rotatable bonds is 6. The maximum Gasteiger partial charge on any atom is 0.138 e. The third kappa shape index (κ3) is 4.20. The summed E-state index contributed by atoms with van der Waals surface area (Å²) in [6.07, 6.45) is 2.11. The minimum Gasteiger partial charge on any atom is -0.489 e. The molecule has 0 bridgehead atoms. The lowest BCUT2D eigenvalue weighted by Crippen LogP contribution is -2.21. The average Bonchev–Trinajstić information content (AvgIpc) is 2.27. The van der Waals surface area contributed by atoms with Gasteiger partial charge in [0.25, 0.3) is 0 Å². The molecule has 90 valence electrons. The molecule has 16 heavy (non-hydrogen) atoms. The summed E-state index contributed by atoms with van der Waals surface area (Å²) in [5, 5.41) is 4.30. The topological polar surface area (TPSA) is 21.3 Å². The van der Waals surface area contributed by atoms with Crippen LogP contribution in [-0.2, 0) is 0 Å². The highest BCUT2D eigenvalue weighted by molar-refractivity contribution is 6.35. The second-order valence-corrected chi connectivity index (χ2v) is 4.46. The van der Waals surface area contributed by atoms with Crippen molar-refractivity contribution in [3.63, 3.8) is 0 Å². The Labute approximate surface area is 107 Å². The Morgan fingerprint density at radius 2 is 2.12 bits per heavy atom. The van der Waals surface area contributed by atoms with Gasteiger partial charge in [-0.25, -0.2) is 0 Å². The molecule has 1 aromatic carbocycles. The molecule has 0 saturated carbocycles. The van der Waals surface area contributed by atoms with Gasteiger partial charge in [0.2, 0.25) is 0 Å². The van der Waals surface area contributed by atoms with E-state index in [-0.39, 0.29) is 6.10 Å². The summed E-state index contributed by atoms with van der Waals surface area (Å²) in [6, 6.07) is 5.30. The zero-order valence-electron chi connectivity index (χ0n) is 9.59. The normalized spacial score (nSPS) is 12.5. The van der Waals surface area contributed by atoms with Gasteiger partial charge < -0.3 is 10.1 Å². The molecule has 0 aromatic heterocycles. The van der Waals surface area contributed by atoms with E-state index < -0.39 is 0 Å². The fourth-order valence-corrected chi connectivity index (χ4v) is 1.86. The van der Waals surface area contributed by atoms with Crippen LogP contribution in [-0.4, -0.2) is 19.7 Å². The Balaban J connectivity index is 2.62. The molecule has 0 aliphatic carbocycles. The Bertz CT molecular complexity index is 331. The molecular formula is C12H17Cl2NO. The van der Waals surface area contributed by atoms with E-state index in [4.69, 9.17) is 27.9 Å². The van der Waals surface area contributed by atoms with Crippen molar-refractivity contribution in [2.24, 2.45) is 0 Å². The lowest BCUT2D eigenvalue weighted by molar-refractivity contribution is 0.187. The molecule has 0 spiro atoms. The molecule has 4 heteroatoms. The summed E-state index contributed by atoms with van der Waals surface area (Å²) < 4.78 is 5.82. The molecule has 0 amide bonds. The number of hydrogen-bond donors (Lipinski definition) is 1. The number of nitrogens with one attached hydrogen (secondary N) is 1. The molecule has 1 aromatic rings. The molecule has 1 N–H and O–H groups in total. The van der Waals surface area contributed by atoms with Gasteiger partial charge in [-0.2, -0.15) is 0 Å². The van der Waals surface area contributed by atoms with E-state index in [0.717, 1.165) is 19.4 Å². The lowest BCUT2D eigenvalue weighted by Gasteiger charge is -2.18. The number of benzene rings is 1. The van der Waals surface area contributed by atoms with Crippen LogP contribution in [0.4, 0.5) is 0 Å².